The maximum Gasteiger partial charge on any atom is 0.248 e. The van der Waals surface area contributed by atoms with Crippen LogP contribution in [0.2, 0.25) is 15.1 Å². The van der Waals surface area contributed by atoms with E-state index < -0.39 is 11.4 Å². The standard InChI is InChI=1S/C15H13Cl3N2O/c1-15(19,9-5-3-2-4-6-9)14(21)20-13-8-11(17)10(16)7-12(13)18/h2-8H,19H2,1H3,(H,20,21). The molecule has 3 nitrogen and oxygen atoms in total. The minimum atomic E-state index is -1.20. The summed E-state index contributed by atoms with van der Waals surface area (Å²) in [6, 6.07) is 12.0. The van der Waals surface area contributed by atoms with Crippen molar-refractivity contribution in [3.8, 4) is 0 Å². The number of hydrogen-bond donors (Lipinski definition) is 2. The largest absolute Gasteiger partial charge is 0.323 e. The van der Waals surface area contributed by atoms with E-state index in [2.05, 4.69) is 5.32 Å². The lowest BCUT2D eigenvalue weighted by Gasteiger charge is -2.24. The van der Waals surface area contributed by atoms with Crippen molar-refractivity contribution >= 4 is 46.4 Å². The Morgan fingerprint density at radius 2 is 1.62 bits per heavy atom. The van der Waals surface area contributed by atoms with Crippen LogP contribution >= 0.6 is 34.8 Å². The van der Waals surface area contributed by atoms with Crippen LogP contribution in [0.25, 0.3) is 0 Å². The quantitative estimate of drug-likeness (QED) is 0.808. The van der Waals surface area contributed by atoms with Crippen LogP contribution in [0.4, 0.5) is 5.69 Å². The Balaban J connectivity index is 2.28. The van der Waals surface area contributed by atoms with E-state index in [1.807, 2.05) is 18.2 Å². The Morgan fingerprint density at radius 3 is 2.24 bits per heavy atom. The van der Waals surface area contributed by atoms with Crippen LogP contribution in [0.15, 0.2) is 42.5 Å². The van der Waals surface area contributed by atoms with Gasteiger partial charge in [0.1, 0.15) is 5.54 Å². The molecule has 110 valence electrons. The van der Waals surface area contributed by atoms with Gasteiger partial charge in [-0.15, -0.1) is 0 Å². The highest BCUT2D eigenvalue weighted by Crippen LogP contribution is 2.33. The van der Waals surface area contributed by atoms with Crippen molar-refractivity contribution in [2.75, 3.05) is 5.32 Å². The van der Waals surface area contributed by atoms with E-state index in [4.69, 9.17) is 40.5 Å². The van der Waals surface area contributed by atoms with Crippen LogP contribution in [-0.2, 0) is 10.3 Å². The molecule has 0 saturated carbocycles. The van der Waals surface area contributed by atoms with Crippen molar-refractivity contribution in [2.24, 2.45) is 5.73 Å². The Hall–Kier alpha value is -1.26. The first-order valence-electron chi connectivity index (χ1n) is 6.13. The van der Waals surface area contributed by atoms with Gasteiger partial charge in [0.05, 0.1) is 20.8 Å². The molecule has 1 atom stereocenters. The summed E-state index contributed by atoms with van der Waals surface area (Å²) in [5.74, 6) is -0.394. The van der Waals surface area contributed by atoms with Crippen molar-refractivity contribution < 1.29 is 4.79 Å². The third kappa shape index (κ3) is 3.50. The zero-order chi connectivity index (χ0) is 15.6. The third-order valence-electron chi connectivity index (χ3n) is 3.10. The smallest absolute Gasteiger partial charge is 0.248 e. The zero-order valence-corrected chi connectivity index (χ0v) is 13.4. The van der Waals surface area contributed by atoms with E-state index >= 15 is 0 Å². The summed E-state index contributed by atoms with van der Waals surface area (Å²) in [6.07, 6.45) is 0. The average molecular weight is 344 g/mol. The van der Waals surface area contributed by atoms with Crippen molar-refractivity contribution in [1.82, 2.24) is 0 Å². The van der Waals surface area contributed by atoms with Gasteiger partial charge >= 0.3 is 0 Å². The van der Waals surface area contributed by atoms with Gasteiger partial charge in [-0.2, -0.15) is 0 Å². The number of rotatable bonds is 3. The summed E-state index contributed by atoms with van der Waals surface area (Å²) >= 11 is 17.8. The minimum absolute atomic E-state index is 0.293. The molecule has 1 amide bonds. The number of halogens is 3. The topological polar surface area (TPSA) is 55.1 Å². The molecule has 6 heteroatoms. The molecule has 0 heterocycles. The summed E-state index contributed by atoms with van der Waals surface area (Å²) in [5.41, 5.74) is 5.99. The summed E-state index contributed by atoms with van der Waals surface area (Å²) < 4.78 is 0. The molecule has 0 aromatic heterocycles. The fourth-order valence-electron chi connectivity index (χ4n) is 1.79. The summed E-state index contributed by atoms with van der Waals surface area (Å²) in [4.78, 5) is 12.4. The Morgan fingerprint density at radius 1 is 1.05 bits per heavy atom. The van der Waals surface area contributed by atoms with E-state index in [0.717, 1.165) is 0 Å². The highest BCUT2D eigenvalue weighted by Gasteiger charge is 2.30. The second kappa shape index (κ2) is 6.24. The molecular weight excluding hydrogens is 331 g/mol. The van der Waals surface area contributed by atoms with E-state index in [1.165, 1.54) is 12.1 Å². The first-order valence-corrected chi connectivity index (χ1v) is 7.26. The number of carbonyl (C=O) groups excluding carboxylic acids is 1. The van der Waals surface area contributed by atoms with E-state index in [9.17, 15) is 4.79 Å². The van der Waals surface area contributed by atoms with Crippen LogP contribution in [0, 0.1) is 0 Å². The lowest BCUT2D eigenvalue weighted by atomic mass is 9.92. The van der Waals surface area contributed by atoms with Crippen LogP contribution < -0.4 is 11.1 Å². The lowest BCUT2D eigenvalue weighted by Crippen LogP contribution is -2.45. The molecule has 21 heavy (non-hydrogen) atoms. The van der Waals surface area contributed by atoms with E-state index in [-0.39, 0.29) is 0 Å². The van der Waals surface area contributed by atoms with Gasteiger partial charge in [0.15, 0.2) is 0 Å². The van der Waals surface area contributed by atoms with Crippen molar-refractivity contribution in [3.05, 3.63) is 63.1 Å². The molecule has 0 bridgehead atoms. The fraction of sp³-hybridized carbons (Fsp3) is 0.133. The molecule has 1 unspecified atom stereocenters. The molecule has 2 rings (SSSR count). The Labute approximate surface area is 138 Å². The lowest BCUT2D eigenvalue weighted by molar-refractivity contribution is -0.120. The number of nitrogens with two attached hydrogens (primary N) is 1. The predicted molar refractivity (Wildman–Crippen MR) is 88.1 cm³/mol. The summed E-state index contributed by atoms with van der Waals surface area (Å²) in [5, 5.41) is 3.59. The van der Waals surface area contributed by atoms with Crippen molar-refractivity contribution in [1.29, 1.82) is 0 Å². The molecule has 0 fully saturated rings. The van der Waals surface area contributed by atoms with Gasteiger partial charge in [-0.25, -0.2) is 0 Å². The van der Waals surface area contributed by atoms with Crippen molar-refractivity contribution in [3.63, 3.8) is 0 Å². The molecule has 2 aromatic rings. The number of carbonyl (C=O) groups is 1. The fourth-order valence-corrected chi connectivity index (χ4v) is 2.38. The van der Waals surface area contributed by atoms with Crippen molar-refractivity contribution in [2.45, 2.75) is 12.5 Å². The molecule has 0 aliphatic rings. The van der Waals surface area contributed by atoms with Gasteiger partial charge in [-0.3, -0.25) is 4.79 Å². The minimum Gasteiger partial charge on any atom is -0.323 e. The maximum atomic E-state index is 12.4. The number of benzene rings is 2. The molecule has 0 spiro atoms. The number of hydrogen-bond acceptors (Lipinski definition) is 2. The predicted octanol–water partition coefficient (Wildman–Crippen LogP) is 4.46. The van der Waals surface area contributed by atoms with Crippen LogP contribution in [0.5, 0.6) is 0 Å². The first-order chi connectivity index (χ1) is 9.82. The number of nitrogens with one attached hydrogen (secondary N) is 1. The third-order valence-corrected chi connectivity index (χ3v) is 4.14. The van der Waals surface area contributed by atoms with Crippen LogP contribution in [0.3, 0.4) is 0 Å². The summed E-state index contributed by atoms with van der Waals surface area (Å²) in [7, 11) is 0. The van der Waals surface area contributed by atoms with Crippen LogP contribution in [-0.4, -0.2) is 5.91 Å². The molecule has 0 aliphatic heterocycles. The van der Waals surface area contributed by atoms with Gasteiger partial charge in [0.2, 0.25) is 5.91 Å². The number of anilines is 1. The van der Waals surface area contributed by atoms with E-state index in [1.54, 1.807) is 19.1 Å². The van der Waals surface area contributed by atoms with Gasteiger partial charge in [-0.05, 0) is 24.6 Å². The maximum absolute atomic E-state index is 12.4. The van der Waals surface area contributed by atoms with Crippen LogP contribution in [0.1, 0.15) is 12.5 Å². The zero-order valence-electron chi connectivity index (χ0n) is 11.2. The average Bonchev–Trinajstić information content (AvgIpc) is 2.45. The number of amides is 1. The van der Waals surface area contributed by atoms with Gasteiger partial charge in [0.25, 0.3) is 0 Å². The molecule has 0 saturated heterocycles. The molecule has 0 aliphatic carbocycles. The normalized spacial score (nSPS) is 13.6. The van der Waals surface area contributed by atoms with Gasteiger partial charge in [-0.1, -0.05) is 65.1 Å². The Kier molecular flexibility index (Phi) is 4.79. The SMILES string of the molecule is CC(N)(C(=O)Nc1cc(Cl)c(Cl)cc1Cl)c1ccccc1. The monoisotopic (exact) mass is 342 g/mol. The van der Waals surface area contributed by atoms with Gasteiger partial charge < -0.3 is 11.1 Å². The van der Waals surface area contributed by atoms with E-state index in [0.29, 0.717) is 26.3 Å². The second-order valence-electron chi connectivity index (χ2n) is 4.77. The Bertz CT molecular complexity index is 672. The van der Waals surface area contributed by atoms with Gasteiger partial charge in [0, 0.05) is 0 Å². The molecule has 2 aromatic carbocycles. The highest BCUT2D eigenvalue weighted by molar-refractivity contribution is 6.44. The summed E-state index contributed by atoms with van der Waals surface area (Å²) in [6.45, 7) is 1.63. The molecular formula is C15H13Cl3N2O. The molecule has 3 N–H and O–H groups in total. The second-order valence-corrected chi connectivity index (χ2v) is 5.99. The highest BCUT2D eigenvalue weighted by atomic mass is 35.5. The first kappa shape index (κ1) is 16.1. The molecule has 0 radical (unpaired) electrons.